The predicted molar refractivity (Wildman–Crippen MR) is 83.5 cm³/mol. The Morgan fingerprint density at radius 3 is 2.61 bits per heavy atom. The number of hydrogen-bond acceptors (Lipinski definition) is 1. The van der Waals surface area contributed by atoms with Gasteiger partial charge < -0.3 is 4.90 Å². The minimum Gasteiger partial charge on any atom is -0.336 e. The molecule has 0 unspecified atom stereocenters. The molecule has 1 amide bonds. The molecule has 0 heterocycles. The third kappa shape index (κ3) is 4.09. The third-order valence-electron chi connectivity index (χ3n) is 2.77. The third-order valence-corrected chi connectivity index (χ3v) is 4.02. The van der Waals surface area contributed by atoms with Crippen molar-refractivity contribution in [2.45, 2.75) is 33.2 Å². The molecular weight excluding hydrogens is 358 g/mol. The van der Waals surface area contributed by atoms with Crippen LogP contribution in [0.1, 0.15) is 36.2 Å². The molecule has 18 heavy (non-hydrogen) atoms. The van der Waals surface area contributed by atoms with Gasteiger partial charge in [-0.3, -0.25) is 4.79 Å². The van der Waals surface area contributed by atoms with E-state index in [2.05, 4.69) is 45.7 Å². The smallest absolute Gasteiger partial charge is 0.255 e. The minimum absolute atomic E-state index is 0.0986. The number of halogens is 2. The Morgan fingerprint density at radius 1 is 1.39 bits per heavy atom. The van der Waals surface area contributed by atoms with E-state index in [1.54, 1.807) is 0 Å². The second-order valence-corrected chi connectivity index (χ2v) is 6.27. The number of hydrogen-bond donors (Lipinski definition) is 0. The van der Waals surface area contributed by atoms with Gasteiger partial charge in [0.25, 0.3) is 5.91 Å². The highest BCUT2D eigenvalue weighted by Gasteiger charge is 2.20. The van der Waals surface area contributed by atoms with Gasteiger partial charge in [0.05, 0.1) is 5.56 Å². The number of alkyl halides is 1. The Hall–Kier alpha value is -0.350. The molecule has 0 N–H and O–H groups in total. The monoisotopic (exact) mass is 375 g/mol. The van der Waals surface area contributed by atoms with Gasteiger partial charge in [-0.05, 0) is 55.3 Å². The highest BCUT2D eigenvalue weighted by atomic mass is 79.9. The van der Waals surface area contributed by atoms with Crippen LogP contribution in [-0.2, 0) is 0 Å². The minimum atomic E-state index is 0.0986. The van der Waals surface area contributed by atoms with Crippen molar-refractivity contribution in [2.75, 3.05) is 11.9 Å². The van der Waals surface area contributed by atoms with E-state index in [0.717, 1.165) is 33.9 Å². The van der Waals surface area contributed by atoms with Crippen molar-refractivity contribution in [1.82, 2.24) is 4.90 Å². The van der Waals surface area contributed by atoms with Crippen LogP contribution in [0.2, 0.25) is 0 Å². The molecule has 0 fully saturated rings. The molecule has 2 nitrogen and oxygen atoms in total. The van der Waals surface area contributed by atoms with Gasteiger partial charge in [0.1, 0.15) is 0 Å². The van der Waals surface area contributed by atoms with Crippen LogP contribution < -0.4 is 0 Å². The van der Waals surface area contributed by atoms with Crippen LogP contribution in [0.4, 0.5) is 0 Å². The lowest BCUT2D eigenvalue weighted by Crippen LogP contribution is -2.38. The molecule has 100 valence electrons. The van der Waals surface area contributed by atoms with Crippen molar-refractivity contribution in [3.63, 3.8) is 0 Å². The van der Waals surface area contributed by atoms with Crippen molar-refractivity contribution < 1.29 is 4.79 Å². The average Bonchev–Trinajstić information content (AvgIpc) is 2.32. The van der Waals surface area contributed by atoms with E-state index in [-0.39, 0.29) is 11.9 Å². The Balaban J connectivity index is 2.98. The van der Waals surface area contributed by atoms with Crippen LogP contribution in [0, 0.1) is 6.92 Å². The summed E-state index contributed by atoms with van der Waals surface area (Å²) >= 11 is 6.87. The predicted octanol–water partition coefficient (Wildman–Crippen LogP) is 4.39. The molecule has 0 aliphatic heterocycles. The molecule has 1 aromatic rings. The normalized spacial score (nSPS) is 10.8. The molecule has 1 aromatic carbocycles. The number of aryl methyl sites for hydroxylation is 1. The maximum Gasteiger partial charge on any atom is 0.255 e. The number of nitrogens with zero attached hydrogens (tertiary/aromatic N) is 1. The molecule has 1 rings (SSSR count). The maximum atomic E-state index is 12.5. The van der Waals surface area contributed by atoms with Gasteiger partial charge in [-0.25, -0.2) is 0 Å². The maximum absolute atomic E-state index is 12.5. The molecular formula is C14H19Br2NO. The molecule has 4 heteroatoms. The van der Waals surface area contributed by atoms with E-state index >= 15 is 0 Å². The Bertz CT molecular complexity index is 418. The van der Waals surface area contributed by atoms with E-state index in [1.165, 1.54) is 0 Å². The molecule has 0 radical (unpaired) electrons. The van der Waals surface area contributed by atoms with Gasteiger partial charge in [0.15, 0.2) is 0 Å². The topological polar surface area (TPSA) is 20.3 Å². The van der Waals surface area contributed by atoms with Crippen LogP contribution in [0.5, 0.6) is 0 Å². The summed E-state index contributed by atoms with van der Waals surface area (Å²) in [6.07, 6.45) is 0.966. The molecule has 0 aromatic heterocycles. The van der Waals surface area contributed by atoms with Gasteiger partial charge in [-0.15, -0.1) is 0 Å². The average molecular weight is 377 g/mol. The van der Waals surface area contributed by atoms with Crippen molar-refractivity contribution in [2.24, 2.45) is 0 Å². The van der Waals surface area contributed by atoms with Crippen molar-refractivity contribution in [3.05, 3.63) is 33.8 Å². The van der Waals surface area contributed by atoms with Crippen LogP contribution in [0.3, 0.4) is 0 Å². The number of rotatable bonds is 5. The lowest BCUT2D eigenvalue weighted by molar-refractivity contribution is 0.0705. The standard InChI is InChI=1S/C14H19Br2NO/c1-10(2)17(8-4-7-15)14(18)12-9-11(3)5-6-13(12)16/h5-6,9-10H,4,7-8H2,1-3H3. The Morgan fingerprint density at radius 2 is 2.06 bits per heavy atom. The summed E-state index contributed by atoms with van der Waals surface area (Å²) in [6, 6.07) is 6.09. The first-order valence-electron chi connectivity index (χ1n) is 6.10. The largest absolute Gasteiger partial charge is 0.336 e. The van der Waals surface area contributed by atoms with E-state index < -0.39 is 0 Å². The first-order valence-corrected chi connectivity index (χ1v) is 8.02. The summed E-state index contributed by atoms with van der Waals surface area (Å²) in [5, 5.41) is 0.915. The first kappa shape index (κ1) is 15.7. The Labute approximate surface area is 126 Å². The number of carbonyl (C=O) groups is 1. The lowest BCUT2D eigenvalue weighted by atomic mass is 10.1. The highest BCUT2D eigenvalue weighted by Crippen LogP contribution is 2.21. The van der Waals surface area contributed by atoms with E-state index in [1.807, 2.05) is 30.0 Å². The fraction of sp³-hybridized carbons (Fsp3) is 0.500. The molecule has 0 saturated carbocycles. The van der Waals surface area contributed by atoms with Crippen molar-refractivity contribution in [1.29, 1.82) is 0 Å². The summed E-state index contributed by atoms with van der Waals surface area (Å²) in [6.45, 7) is 6.88. The van der Waals surface area contributed by atoms with Crippen LogP contribution in [0.15, 0.2) is 22.7 Å². The van der Waals surface area contributed by atoms with Gasteiger partial charge in [-0.1, -0.05) is 27.6 Å². The lowest BCUT2D eigenvalue weighted by Gasteiger charge is -2.27. The SMILES string of the molecule is Cc1ccc(Br)c(C(=O)N(CCCBr)C(C)C)c1. The Kier molecular flexibility index (Phi) is 6.36. The quantitative estimate of drug-likeness (QED) is 0.697. The van der Waals surface area contributed by atoms with E-state index in [0.29, 0.717) is 0 Å². The van der Waals surface area contributed by atoms with E-state index in [9.17, 15) is 4.79 Å². The van der Waals surface area contributed by atoms with Crippen molar-refractivity contribution >= 4 is 37.8 Å². The highest BCUT2D eigenvalue weighted by molar-refractivity contribution is 9.10. The number of carbonyl (C=O) groups excluding carboxylic acids is 1. The first-order chi connectivity index (χ1) is 8.47. The zero-order valence-electron chi connectivity index (χ0n) is 11.0. The summed E-state index contributed by atoms with van der Waals surface area (Å²) < 4.78 is 0.864. The van der Waals surface area contributed by atoms with Gasteiger partial charge in [0.2, 0.25) is 0 Å². The number of benzene rings is 1. The van der Waals surface area contributed by atoms with Crippen LogP contribution >= 0.6 is 31.9 Å². The number of amides is 1. The second kappa shape index (κ2) is 7.29. The fourth-order valence-corrected chi connectivity index (χ4v) is 2.45. The van der Waals surface area contributed by atoms with Gasteiger partial charge >= 0.3 is 0 Å². The molecule has 0 atom stereocenters. The molecule has 0 aliphatic carbocycles. The van der Waals surface area contributed by atoms with Crippen LogP contribution in [-0.4, -0.2) is 28.7 Å². The molecule has 0 saturated heterocycles. The van der Waals surface area contributed by atoms with E-state index in [4.69, 9.17) is 0 Å². The van der Waals surface area contributed by atoms with Gasteiger partial charge in [0, 0.05) is 22.4 Å². The molecule has 0 spiro atoms. The zero-order valence-corrected chi connectivity index (χ0v) is 14.2. The molecule has 0 aliphatic rings. The second-order valence-electron chi connectivity index (χ2n) is 4.62. The zero-order chi connectivity index (χ0) is 13.7. The summed E-state index contributed by atoms with van der Waals surface area (Å²) in [5.74, 6) is 0.0986. The summed E-state index contributed by atoms with van der Waals surface area (Å²) in [5.41, 5.74) is 1.85. The van der Waals surface area contributed by atoms with Gasteiger partial charge in [-0.2, -0.15) is 0 Å². The summed E-state index contributed by atoms with van der Waals surface area (Å²) in [4.78, 5) is 14.5. The fourth-order valence-electron chi connectivity index (χ4n) is 1.78. The summed E-state index contributed by atoms with van der Waals surface area (Å²) in [7, 11) is 0. The van der Waals surface area contributed by atoms with Crippen molar-refractivity contribution in [3.8, 4) is 0 Å². The molecule has 0 bridgehead atoms. The van der Waals surface area contributed by atoms with Crippen LogP contribution in [0.25, 0.3) is 0 Å².